The van der Waals surface area contributed by atoms with Crippen LogP contribution in [0.4, 0.5) is 5.69 Å². The van der Waals surface area contributed by atoms with Crippen LogP contribution in [-0.2, 0) is 20.9 Å². The molecule has 4 rings (SSSR count). The van der Waals surface area contributed by atoms with E-state index in [1.807, 2.05) is 12.1 Å². The van der Waals surface area contributed by atoms with E-state index >= 15 is 0 Å². The normalized spacial score (nSPS) is 36.9. The molecular weight excluding hydrogens is 286 g/mol. The predicted octanol–water partition coefficient (Wildman–Crippen LogP) is 0.690. The second kappa shape index (κ2) is 4.52. The van der Waals surface area contributed by atoms with Gasteiger partial charge in [0, 0.05) is 29.7 Å². The lowest BCUT2D eigenvalue weighted by Gasteiger charge is -2.48. The summed E-state index contributed by atoms with van der Waals surface area (Å²) < 4.78 is 4.85. The van der Waals surface area contributed by atoms with Crippen molar-refractivity contribution in [2.75, 3.05) is 5.73 Å². The summed E-state index contributed by atoms with van der Waals surface area (Å²) in [4.78, 5) is 23.7. The van der Waals surface area contributed by atoms with E-state index in [1.54, 1.807) is 6.07 Å². The van der Waals surface area contributed by atoms with Crippen molar-refractivity contribution >= 4 is 17.5 Å². The number of epoxide rings is 1. The maximum Gasteiger partial charge on any atom is 0.285 e. The molecule has 1 aromatic carbocycles. The number of hydroxylamine groups is 3. The number of nitrogens with zero attached hydrogens (tertiary/aromatic N) is 1. The van der Waals surface area contributed by atoms with Crippen molar-refractivity contribution < 1.29 is 19.0 Å². The Morgan fingerprint density at radius 3 is 3.00 bits per heavy atom. The molecule has 1 aromatic rings. The first kappa shape index (κ1) is 13.7. The van der Waals surface area contributed by atoms with Gasteiger partial charge in [-0.1, -0.05) is 6.07 Å². The van der Waals surface area contributed by atoms with E-state index in [-0.39, 0.29) is 25.0 Å². The largest absolute Gasteiger partial charge is 0.630 e. The molecule has 3 aliphatic heterocycles. The first-order chi connectivity index (χ1) is 10.5. The molecule has 3 aliphatic rings. The van der Waals surface area contributed by atoms with Crippen LogP contribution in [0.2, 0.25) is 0 Å². The highest BCUT2D eigenvalue weighted by Gasteiger charge is 2.60. The van der Waals surface area contributed by atoms with E-state index in [1.165, 1.54) is 0 Å². The van der Waals surface area contributed by atoms with Crippen LogP contribution in [0.25, 0.3) is 0 Å². The fourth-order valence-electron chi connectivity index (χ4n) is 3.62. The van der Waals surface area contributed by atoms with Crippen LogP contribution < -0.4 is 11.1 Å². The van der Waals surface area contributed by atoms with Crippen molar-refractivity contribution in [2.24, 2.45) is 0 Å². The van der Waals surface area contributed by atoms with Crippen molar-refractivity contribution in [2.45, 2.75) is 44.2 Å². The summed E-state index contributed by atoms with van der Waals surface area (Å²) in [5.74, 6) is -0.789. The minimum Gasteiger partial charge on any atom is -0.630 e. The van der Waals surface area contributed by atoms with Crippen LogP contribution in [-0.4, -0.2) is 28.7 Å². The molecule has 3 unspecified atom stereocenters. The quantitative estimate of drug-likeness (QED) is 0.261. The monoisotopic (exact) mass is 303 g/mol. The predicted molar refractivity (Wildman–Crippen MR) is 76.6 cm³/mol. The van der Waals surface area contributed by atoms with E-state index in [4.69, 9.17) is 10.5 Å². The van der Waals surface area contributed by atoms with Gasteiger partial charge in [-0.05, 0) is 18.6 Å². The first-order valence-electron chi connectivity index (χ1n) is 7.45. The standard InChI is InChI=1S/C15H17N3O4/c16-9-5-4-8-7-18(21,15-13(22-15)10(8)6-9)11-2-1-3-12(19)17-14(11)20/h4-6,11,13,15H,1-3,7,16H2,(H,17,19,20)/t11-,13?,15?,18?/m0/s1. The van der Waals surface area contributed by atoms with E-state index in [0.29, 0.717) is 18.5 Å². The van der Waals surface area contributed by atoms with Gasteiger partial charge in [0.1, 0.15) is 6.54 Å². The van der Waals surface area contributed by atoms with Crippen LogP contribution in [0.1, 0.15) is 36.5 Å². The number of carbonyl (C=O) groups is 2. The summed E-state index contributed by atoms with van der Waals surface area (Å²) in [5, 5.41) is 15.7. The van der Waals surface area contributed by atoms with Crippen LogP contribution in [0.3, 0.4) is 0 Å². The topological polar surface area (TPSA) is 108 Å². The Morgan fingerprint density at radius 1 is 1.36 bits per heavy atom. The molecule has 0 aromatic heterocycles. The molecule has 0 saturated carbocycles. The summed E-state index contributed by atoms with van der Waals surface area (Å²) in [7, 11) is 0. The van der Waals surface area contributed by atoms with E-state index in [9.17, 15) is 14.8 Å². The van der Waals surface area contributed by atoms with Crippen molar-refractivity contribution in [3.8, 4) is 0 Å². The number of benzene rings is 1. The highest BCUT2D eigenvalue weighted by Crippen LogP contribution is 2.52. The fourth-order valence-corrected chi connectivity index (χ4v) is 3.62. The molecule has 4 atom stereocenters. The number of nitrogen functional groups attached to an aromatic ring is 1. The zero-order valence-electron chi connectivity index (χ0n) is 12.0. The fraction of sp³-hybridized carbons (Fsp3) is 0.467. The minimum absolute atomic E-state index is 0.170. The number of anilines is 1. The van der Waals surface area contributed by atoms with Gasteiger partial charge in [-0.3, -0.25) is 14.9 Å². The molecule has 0 spiro atoms. The molecule has 2 fully saturated rings. The molecule has 116 valence electrons. The van der Waals surface area contributed by atoms with Crippen molar-refractivity contribution in [3.05, 3.63) is 34.5 Å². The van der Waals surface area contributed by atoms with Gasteiger partial charge in [0.2, 0.25) is 12.1 Å². The molecule has 0 aliphatic carbocycles. The summed E-state index contributed by atoms with van der Waals surface area (Å²) in [5.41, 5.74) is 8.24. The summed E-state index contributed by atoms with van der Waals surface area (Å²) >= 11 is 0. The van der Waals surface area contributed by atoms with E-state index in [2.05, 4.69) is 5.32 Å². The Morgan fingerprint density at radius 2 is 2.18 bits per heavy atom. The Kier molecular flexibility index (Phi) is 2.81. The molecule has 0 radical (unpaired) electrons. The molecule has 7 heteroatoms. The van der Waals surface area contributed by atoms with Gasteiger partial charge in [0.15, 0.2) is 12.1 Å². The Hall–Kier alpha value is -1.96. The lowest BCUT2D eigenvalue weighted by Crippen LogP contribution is -2.59. The maximum atomic E-state index is 13.4. The van der Waals surface area contributed by atoms with Crippen molar-refractivity contribution in [1.29, 1.82) is 0 Å². The molecule has 3 N–H and O–H groups in total. The third-order valence-electron chi connectivity index (χ3n) is 4.77. The number of imide groups is 1. The smallest absolute Gasteiger partial charge is 0.285 e. The van der Waals surface area contributed by atoms with Crippen molar-refractivity contribution in [1.82, 2.24) is 5.32 Å². The summed E-state index contributed by atoms with van der Waals surface area (Å²) in [6.07, 6.45) is 0.355. The number of quaternary nitrogens is 1. The zero-order valence-corrected chi connectivity index (χ0v) is 12.0. The summed E-state index contributed by atoms with van der Waals surface area (Å²) in [6, 6.07) is 4.61. The number of carbonyl (C=O) groups excluding carboxylic acids is 2. The first-order valence-corrected chi connectivity index (χ1v) is 7.45. The Bertz CT molecular complexity index is 677. The highest BCUT2D eigenvalue weighted by atomic mass is 16.7. The van der Waals surface area contributed by atoms with E-state index < -0.39 is 22.8 Å². The lowest BCUT2D eigenvalue weighted by molar-refractivity contribution is -0.931. The average molecular weight is 303 g/mol. The number of rotatable bonds is 1. The van der Waals surface area contributed by atoms with Crippen LogP contribution in [0.5, 0.6) is 0 Å². The Labute approximate surface area is 127 Å². The van der Waals surface area contributed by atoms with Gasteiger partial charge >= 0.3 is 0 Å². The second-order valence-electron chi connectivity index (χ2n) is 6.24. The van der Waals surface area contributed by atoms with Gasteiger partial charge in [0.05, 0.1) is 0 Å². The molecule has 2 amide bonds. The van der Waals surface area contributed by atoms with Gasteiger partial charge in [0.25, 0.3) is 5.91 Å². The highest BCUT2D eigenvalue weighted by molar-refractivity contribution is 5.98. The van der Waals surface area contributed by atoms with E-state index in [0.717, 1.165) is 11.1 Å². The number of nitrogens with one attached hydrogen (secondary N) is 1. The molecule has 22 heavy (non-hydrogen) atoms. The van der Waals surface area contributed by atoms with Gasteiger partial charge in [-0.15, -0.1) is 0 Å². The number of fused-ring (bicyclic) bond motifs is 3. The SMILES string of the molecule is Nc1ccc2c(c1)C1OC1[N+]([O-])([C@H]1CCCC(=O)NC1=O)C2. The average Bonchev–Trinajstić information content (AvgIpc) is 3.26. The van der Waals surface area contributed by atoms with Crippen LogP contribution >= 0.6 is 0 Å². The van der Waals surface area contributed by atoms with Gasteiger partial charge < -0.3 is 20.3 Å². The number of amides is 2. The lowest BCUT2D eigenvalue weighted by atomic mass is 9.96. The third kappa shape index (κ3) is 1.93. The molecule has 7 nitrogen and oxygen atoms in total. The molecular formula is C15H17N3O4. The minimum atomic E-state index is -0.799. The van der Waals surface area contributed by atoms with Gasteiger partial charge in [-0.2, -0.15) is 0 Å². The zero-order chi connectivity index (χ0) is 15.5. The molecule has 2 saturated heterocycles. The van der Waals surface area contributed by atoms with Crippen molar-refractivity contribution in [3.63, 3.8) is 0 Å². The number of hydrogen-bond donors (Lipinski definition) is 2. The molecule has 3 heterocycles. The van der Waals surface area contributed by atoms with Crippen LogP contribution in [0.15, 0.2) is 18.2 Å². The number of hydrogen-bond acceptors (Lipinski definition) is 5. The molecule has 0 bridgehead atoms. The third-order valence-corrected chi connectivity index (χ3v) is 4.77. The second-order valence-corrected chi connectivity index (χ2v) is 6.24. The number of nitrogens with two attached hydrogens (primary N) is 1. The summed E-state index contributed by atoms with van der Waals surface area (Å²) in [6.45, 7) is 0.170. The number of ether oxygens (including phenoxy) is 1. The maximum absolute atomic E-state index is 13.4. The van der Waals surface area contributed by atoms with Crippen LogP contribution in [0, 0.1) is 5.21 Å². The Balaban J connectivity index is 1.69. The van der Waals surface area contributed by atoms with Gasteiger partial charge in [-0.25, -0.2) is 0 Å².